The number of hydrogen-bond acceptors (Lipinski definition) is 3. The number of ether oxygens (including phenoxy) is 1. The van der Waals surface area contributed by atoms with Crippen molar-refractivity contribution in [3.05, 3.63) is 12.2 Å². The second-order valence-corrected chi connectivity index (χ2v) is 2.11. The molecular weight excluding hydrogens is 158 g/mol. The second-order valence-electron chi connectivity index (χ2n) is 2.11. The minimum Gasteiger partial charge on any atom is -0.463 e. The second kappa shape index (κ2) is 7.78. The lowest BCUT2D eigenvalue weighted by molar-refractivity contribution is -0.138. The van der Waals surface area contributed by atoms with E-state index in [1.807, 2.05) is 0 Å². The fraction of sp³-hybridized carbons (Fsp3) is 0.500. The molecule has 0 spiro atoms. The predicted octanol–water partition coefficient (Wildman–Crippen LogP) is 0.617. The Bertz CT molecular complexity index is 171. The first-order valence-corrected chi connectivity index (χ1v) is 3.50. The van der Waals surface area contributed by atoms with E-state index in [9.17, 15) is 9.59 Å². The van der Waals surface area contributed by atoms with E-state index in [1.54, 1.807) is 13.8 Å². The molecule has 0 unspecified atom stereocenters. The van der Waals surface area contributed by atoms with Crippen LogP contribution in [0.1, 0.15) is 20.8 Å². The summed E-state index contributed by atoms with van der Waals surface area (Å²) in [5.74, 6) is -0.646. The van der Waals surface area contributed by atoms with Crippen molar-refractivity contribution in [1.82, 2.24) is 0 Å². The van der Waals surface area contributed by atoms with Crippen LogP contribution in [0.15, 0.2) is 12.2 Å². The van der Waals surface area contributed by atoms with Gasteiger partial charge in [-0.3, -0.25) is 4.79 Å². The lowest BCUT2D eigenvalue weighted by Crippen LogP contribution is -2.03. The molecule has 1 amide bonds. The summed E-state index contributed by atoms with van der Waals surface area (Å²) in [6, 6.07) is 0. The van der Waals surface area contributed by atoms with Crippen molar-refractivity contribution in [1.29, 1.82) is 0 Å². The summed E-state index contributed by atoms with van der Waals surface area (Å²) in [7, 11) is 0. The van der Waals surface area contributed by atoms with Crippen molar-refractivity contribution in [3.8, 4) is 0 Å². The van der Waals surface area contributed by atoms with Crippen LogP contribution in [0.5, 0.6) is 0 Å². The van der Waals surface area contributed by atoms with E-state index >= 15 is 0 Å². The maximum atomic E-state index is 10.4. The molecule has 70 valence electrons. The van der Waals surface area contributed by atoms with Crippen LogP contribution >= 0.6 is 0 Å². The van der Waals surface area contributed by atoms with Crippen molar-refractivity contribution in [2.75, 3.05) is 6.61 Å². The molecule has 0 bridgehead atoms. The number of carbonyl (C=O) groups excluding carboxylic acids is 2. The van der Waals surface area contributed by atoms with Crippen molar-refractivity contribution < 1.29 is 14.3 Å². The summed E-state index contributed by atoms with van der Waals surface area (Å²) in [5, 5.41) is 0. The zero-order valence-electron chi connectivity index (χ0n) is 7.72. The Labute approximate surface area is 72.4 Å². The summed E-state index contributed by atoms with van der Waals surface area (Å²) in [6.07, 6.45) is 0. The summed E-state index contributed by atoms with van der Waals surface area (Å²) < 4.78 is 4.56. The van der Waals surface area contributed by atoms with Crippen molar-refractivity contribution in [2.45, 2.75) is 20.8 Å². The molecular formula is C8H15NO3. The summed E-state index contributed by atoms with van der Waals surface area (Å²) in [5.41, 5.74) is 4.92. The van der Waals surface area contributed by atoms with Crippen LogP contribution in [0.25, 0.3) is 0 Å². The maximum Gasteiger partial charge on any atom is 0.333 e. The first-order valence-electron chi connectivity index (χ1n) is 3.50. The molecule has 0 saturated carbocycles. The number of esters is 1. The first-order chi connectivity index (χ1) is 5.41. The van der Waals surface area contributed by atoms with Gasteiger partial charge in [-0.1, -0.05) is 6.58 Å². The largest absolute Gasteiger partial charge is 0.463 e. The number of nitrogens with two attached hydrogens (primary N) is 1. The normalized spacial score (nSPS) is 7.58. The van der Waals surface area contributed by atoms with E-state index in [-0.39, 0.29) is 11.9 Å². The van der Waals surface area contributed by atoms with Crippen LogP contribution < -0.4 is 5.73 Å². The fourth-order valence-corrected chi connectivity index (χ4v) is 0.254. The van der Waals surface area contributed by atoms with Gasteiger partial charge in [-0.15, -0.1) is 0 Å². The summed E-state index contributed by atoms with van der Waals surface area (Å²) in [4.78, 5) is 19.6. The highest BCUT2D eigenvalue weighted by Crippen LogP contribution is 1.89. The van der Waals surface area contributed by atoms with E-state index in [0.29, 0.717) is 12.2 Å². The van der Waals surface area contributed by atoms with E-state index in [1.165, 1.54) is 6.92 Å². The quantitative estimate of drug-likeness (QED) is 0.491. The zero-order valence-corrected chi connectivity index (χ0v) is 7.72. The van der Waals surface area contributed by atoms with Gasteiger partial charge in [-0.05, 0) is 13.8 Å². The van der Waals surface area contributed by atoms with E-state index in [0.717, 1.165) is 0 Å². The molecule has 0 rings (SSSR count). The Morgan fingerprint density at radius 2 is 1.75 bits per heavy atom. The van der Waals surface area contributed by atoms with E-state index in [4.69, 9.17) is 0 Å². The molecule has 0 radical (unpaired) electrons. The SMILES string of the molecule is C=C(C)C(=O)OCC.CC(N)=O. The molecule has 0 heterocycles. The van der Waals surface area contributed by atoms with Gasteiger partial charge in [0.15, 0.2) is 0 Å². The third-order valence-corrected chi connectivity index (χ3v) is 0.624. The highest BCUT2D eigenvalue weighted by atomic mass is 16.5. The molecule has 12 heavy (non-hydrogen) atoms. The molecule has 0 aliphatic carbocycles. The summed E-state index contributed by atoms with van der Waals surface area (Å²) in [6.45, 7) is 8.51. The Morgan fingerprint density at radius 1 is 1.42 bits per heavy atom. The van der Waals surface area contributed by atoms with Crippen LogP contribution in [0.3, 0.4) is 0 Å². The standard InChI is InChI=1S/C6H10O2.C2H5NO/c1-4-8-6(7)5(2)3;1-2(3)4/h2,4H2,1,3H3;1H3,(H2,3,4). The fourth-order valence-electron chi connectivity index (χ4n) is 0.254. The van der Waals surface area contributed by atoms with Gasteiger partial charge in [-0.2, -0.15) is 0 Å². The first kappa shape index (κ1) is 13.3. The predicted molar refractivity (Wildman–Crippen MR) is 46.3 cm³/mol. The molecule has 0 aromatic rings. The van der Waals surface area contributed by atoms with Crippen LogP contribution in [-0.2, 0) is 14.3 Å². The molecule has 0 atom stereocenters. The zero-order chi connectivity index (χ0) is 10.1. The Kier molecular flexibility index (Phi) is 8.62. The van der Waals surface area contributed by atoms with E-state index < -0.39 is 0 Å². The van der Waals surface area contributed by atoms with Gasteiger partial charge in [0.1, 0.15) is 0 Å². The minimum atomic E-state index is -0.333. The molecule has 4 heteroatoms. The average Bonchev–Trinajstić information content (AvgIpc) is 1.86. The third-order valence-electron chi connectivity index (χ3n) is 0.624. The number of rotatable bonds is 2. The maximum absolute atomic E-state index is 10.4. The lowest BCUT2D eigenvalue weighted by atomic mass is 10.4. The minimum absolute atomic E-state index is 0.312. The monoisotopic (exact) mass is 173 g/mol. The molecule has 2 N–H and O–H groups in total. The lowest BCUT2D eigenvalue weighted by Gasteiger charge is -1.96. The molecule has 0 aliphatic heterocycles. The molecule has 0 aromatic carbocycles. The van der Waals surface area contributed by atoms with Gasteiger partial charge in [0.25, 0.3) is 0 Å². The average molecular weight is 173 g/mol. The summed E-state index contributed by atoms with van der Waals surface area (Å²) >= 11 is 0. The molecule has 0 aliphatic rings. The van der Waals surface area contributed by atoms with E-state index in [2.05, 4.69) is 17.0 Å². The topological polar surface area (TPSA) is 69.4 Å². The van der Waals surface area contributed by atoms with Crippen LogP contribution in [0, 0.1) is 0 Å². The van der Waals surface area contributed by atoms with Gasteiger partial charge < -0.3 is 10.5 Å². The molecule has 0 aromatic heterocycles. The Morgan fingerprint density at radius 3 is 1.83 bits per heavy atom. The smallest absolute Gasteiger partial charge is 0.333 e. The Balaban J connectivity index is 0. The van der Waals surface area contributed by atoms with Crippen molar-refractivity contribution in [2.24, 2.45) is 5.73 Å². The molecule has 0 fully saturated rings. The van der Waals surface area contributed by atoms with Crippen LogP contribution in [-0.4, -0.2) is 18.5 Å². The van der Waals surface area contributed by atoms with Crippen molar-refractivity contribution >= 4 is 11.9 Å². The van der Waals surface area contributed by atoms with Gasteiger partial charge >= 0.3 is 5.97 Å². The highest BCUT2D eigenvalue weighted by molar-refractivity contribution is 5.86. The Hall–Kier alpha value is -1.32. The highest BCUT2D eigenvalue weighted by Gasteiger charge is 1.98. The number of amides is 1. The van der Waals surface area contributed by atoms with Gasteiger partial charge in [0.05, 0.1) is 6.61 Å². The van der Waals surface area contributed by atoms with Crippen LogP contribution in [0.4, 0.5) is 0 Å². The number of hydrogen-bond donors (Lipinski definition) is 1. The number of primary amides is 1. The third kappa shape index (κ3) is 15.9. The number of carbonyl (C=O) groups is 2. The van der Waals surface area contributed by atoms with Crippen LogP contribution in [0.2, 0.25) is 0 Å². The van der Waals surface area contributed by atoms with Crippen molar-refractivity contribution in [3.63, 3.8) is 0 Å². The molecule has 4 nitrogen and oxygen atoms in total. The van der Waals surface area contributed by atoms with Gasteiger partial charge in [0.2, 0.25) is 5.91 Å². The van der Waals surface area contributed by atoms with Gasteiger partial charge in [0, 0.05) is 12.5 Å². The van der Waals surface area contributed by atoms with Gasteiger partial charge in [-0.25, -0.2) is 4.79 Å². The molecule has 0 saturated heterocycles.